The number of rotatable bonds is 8. The number of nitrogens with zero attached hydrogens (tertiary/aromatic N) is 1. The molecule has 0 radical (unpaired) electrons. The van der Waals surface area contributed by atoms with Crippen molar-refractivity contribution in [1.82, 2.24) is 0 Å². The van der Waals surface area contributed by atoms with Crippen LogP contribution in [-0.2, 0) is 4.74 Å². The molecule has 0 saturated heterocycles. The highest BCUT2D eigenvalue weighted by Gasteiger charge is 2.16. The minimum atomic E-state index is -0.340. The molecule has 3 N–H and O–H groups in total. The molecule has 0 amide bonds. The van der Waals surface area contributed by atoms with Crippen molar-refractivity contribution in [1.29, 1.82) is 0 Å². The average molecular weight is 409 g/mol. The summed E-state index contributed by atoms with van der Waals surface area (Å²) in [7, 11) is 0. The number of hydrogen-bond donors (Lipinski definition) is 2. The van der Waals surface area contributed by atoms with Crippen LogP contribution in [0.2, 0.25) is 0 Å². The molecule has 0 aromatic heterocycles. The summed E-state index contributed by atoms with van der Waals surface area (Å²) in [6.07, 6.45) is 1.93. The number of hydrogen-bond acceptors (Lipinski definition) is 4. The highest BCUT2D eigenvalue weighted by molar-refractivity contribution is 6.02. The van der Waals surface area contributed by atoms with Crippen LogP contribution in [0.3, 0.4) is 0 Å². The molecule has 0 aliphatic rings. The van der Waals surface area contributed by atoms with Crippen molar-refractivity contribution < 1.29 is 14.6 Å². The average Bonchev–Trinajstić information content (AvgIpc) is 2.66. The van der Waals surface area contributed by atoms with Gasteiger partial charge in [0.15, 0.2) is 0 Å². The summed E-state index contributed by atoms with van der Waals surface area (Å²) in [5.41, 5.74) is 8.34. The molecular weight excluding hydrogens is 376 g/mol. The monoisotopic (exact) mass is 408 g/mol. The Morgan fingerprint density at radius 2 is 1.73 bits per heavy atom. The number of para-hydroxylation sites is 1. The molecule has 0 bridgehead atoms. The van der Waals surface area contributed by atoms with Gasteiger partial charge in [-0.2, -0.15) is 0 Å². The van der Waals surface area contributed by atoms with E-state index in [0.29, 0.717) is 29.3 Å². The Morgan fingerprint density at radius 1 is 1.13 bits per heavy atom. The number of carbonyl (C=O) groups excluding carboxylic acids is 1. The second kappa shape index (κ2) is 10.1. The Balaban J connectivity index is 1.94. The number of ether oxygens (including phenoxy) is 1. The Labute approximate surface area is 179 Å². The molecule has 0 fully saturated rings. The van der Waals surface area contributed by atoms with Crippen LogP contribution >= 0.6 is 0 Å². The molecule has 0 aliphatic heterocycles. The number of phenols is 1. The van der Waals surface area contributed by atoms with E-state index in [9.17, 15) is 9.90 Å². The van der Waals surface area contributed by atoms with Crippen molar-refractivity contribution in [3.8, 4) is 5.75 Å². The van der Waals surface area contributed by atoms with Crippen LogP contribution in [-0.4, -0.2) is 23.5 Å². The van der Waals surface area contributed by atoms with Gasteiger partial charge in [-0.25, -0.2) is 9.79 Å². The lowest BCUT2D eigenvalue weighted by atomic mass is 9.84. The number of benzene rings is 2. The first kappa shape index (κ1) is 23.2. The molecule has 5 nitrogen and oxygen atoms in total. The molecular formula is C25H32N2O3. The molecule has 0 heterocycles. The molecule has 1 atom stereocenters. The number of aliphatic imine (C=N–C) groups is 1. The zero-order valence-electron chi connectivity index (χ0n) is 18.3. The van der Waals surface area contributed by atoms with Gasteiger partial charge in [-0.3, -0.25) is 0 Å². The third-order valence-electron chi connectivity index (χ3n) is 4.69. The largest absolute Gasteiger partial charge is 0.507 e. The fourth-order valence-electron chi connectivity index (χ4n) is 3.34. The van der Waals surface area contributed by atoms with Gasteiger partial charge in [0, 0.05) is 0 Å². The van der Waals surface area contributed by atoms with Gasteiger partial charge >= 0.3 is 5.97 Å². The first-order chi connectivity index (χ1) is 14.1. The van der Waals surface area contributed by atoms with Gasteiger partial charge in [-0.05, 0) is 54.0 Å². The lowest BCUT2D eigenvalue weighted by Crippen LogP contribution is -2.14. The molecule has 0 aliphatic carbocycles. The van der Waals surface area contributed by atoms with Gasteiger partial charge in [0.25, 0.3) is 0 Å². The number of amidine groups is 1. The van der Waals surface area contributed by atoms with Crippen LogP contribution in [0.25, 0.3) is 5.70 Å². The molecule has 2 aromatic carbocycles. The van der Waals surface area contributed by atoms with Crippen molar-refractivity contribution in [3.05, 3.63) is 71.8 Å². The molecule has 0 spiro atoms. The van der Waals surface area contributed by atoms with Gasteiger partial charge < -0.3 is 15.6 Å². The third kappa shape index (κ3) is 7.07. The zero-order chi connectivity index (χ0) is 22.3. The minimum absolute atomic E-state index is 0.0569. The maximum atomic E-state index is 12.3. The predicted molar refractivity (Wildman–Crippen MR) is 122 cm³/mol. The van der Waals surface area contributed by atoms with E-state index < -0.39 is 0 Å². The Bertz CT molecular complexity index is 909. The van der Waals surface area contributed by atoms with Crippen LogP contribution in [0.15, 0.2) is 60.1 Å². The van der Waals surface area contributed by atoms with Crippen LogP contribution in [0.1, 0.15) is 62.0 Å². The summed E-state index contributed by atoms with van der Waals surface area (Å²) < 4.78 is 5.41. The van der Waals surface area contributed by atoms with Crippen molar-refractivity contribution >= 4 is 17.5 Å². The van der Waals surface area contributed by atoms with E-state index in [1.165, 1.54) is 0 Å². The standard InChI is InChI=1S/C25H32N2O3/c1-17(16-25(3,4)5)14-15-30-24(29)20-12-10-19(11-13-20)18(2)27-23(26)21-8-6-7-9-22(21)28/h6-13,17,28H,2,14-16H2,1,3-5H3,(H2,26,27). The minimum Gasteiger partial charge on any atom is -0.507 e. The summed E-state index contributed by atoms with van der Waals surface area (Å²) in [4.78, 5) is 16.5. The summed E-state index contributed by atoms with van der Waals surface area (Å²) >= 11 is 0. The van der Waals surface area contributed by atoms with Gasteiger partial charge in [0.05, 0.1) is 23.4 Å². The normalized spacial score (nSPS) is 13.0. The third-order valence-corrected chi connectivity index (χ3v) is 4.69. The van der Waals surface area contributed by atoms with E-state index in [2.05, 4.69) is 39.3 Å². The van der Waals surface area contributed by atoms with Crippen molar-refractivity contribution in [3.63, 3.8) is 0 Å². The number of aromatic hydroxyl groups is 1. The van der Waals surface area contributed by atoms with E-state index in [4.69, 9.17) is 10.5 Å². The predicted octanol–water partition coefficient (Wildman–Crippen LogP) is 5.39. The lowest BCUT2D eigenvalue weighted by molar-refractivity contribution is 0.0478. The molecule has 1 unspecified atom stereocenters. The fraction of sp³-hybridized carbons (Fsp3) is 0.360. The molecule has 160 valence electrons. The first-order valence-electron chi connectivity index (χ1n) is 10.2. The molecule has 2 aromatic rings. The van der Waals surface area contributed by atoms with Gasteiger partial charge in [-0.15, -0.1) is 0 Å². The van der Waals surface area contributed by atoms with Crippen molar-refractivity contribution in [2.24, 2.45) is 22.1 Å². The quantitative estimate of drug-likeness (QED) is 0.348. The lowest BCUT2D eigenvalue weighted by Gasteiger charge is -2.23. The van der Waals surface area contributed by atoms with Crippen molar-refractivity contribution in [2.75, 3.05) is 6.61 Å². The smallest absolute Gasteiger partial charge is 0.338 e. The summed E-state index contributed by atoms with van der Waals surface area (Å²) in [5.74, 6) is 0.385. The number of carbonyl (C=O) groups is 1. The van der Waals surface area contributed by atoms with Crippen LogP contribution in [0.5, 0.6) is 5.75 Å². The highest BCUT2D eigenvalue weighted by atomic mass is 16.5. The van der Waals surface area contributed by atoms with Crippen molar-refractivity contribution in [2.45, 2.75) is 40.5 Å². The van der Waals surface area contributed by atoms with E-state index in [1.54, 1.807) is 48.5 Å². The Morgan fingerprint density at radius 3 is 2.33 bits per heavy atom. The summed E-state index contributed by atoms with van der Waals surface area (Å²) in [6, 6.07) is 13.6. The number of nitrogens with two attached hydrogens (primary N) is 1. The molecule has 0 saturated carbocycles. The Hall–Kier alpha value is -3.08. The van der Waals surface area contributed by atoms with Crippen LogP contribution in [0, 0.1) is 11.3 Å². The fourth-order valence-corrected chi connectivity index (χ4v) is 3.34. The highest BCUT2D eigenvalue weighted by Crippen LogP contribution is 2.26. The summed E-state index contributed by atoms with van der Waals surface area (Å²) in [6.45, 7) is 13.2. The maximum absolute atomic E-state index is 12.3. The van der Waals surface area contributed by atoms with Gasteiger partial charge in [0.1, 0.15) is 11.6 Å². The molecule has 5 heteroatoms. The molecule has 30 heavy (non-hydrogen) atoms. The SMILES string of the molecule is C=C(N=C(N)c1ccccc1O)c1ccc(C(=O)OCCC(C)CC(C)(C)C)cc1. The van der Waals surface area contributed by atoms with E-state index in [0.717, 1.165) is 18.4 Å². The maximum Gasteiger partial charge on any atom is 0.338 e. The Kier molecular flexibility index (Phi) is 7.81. The van der Waals surface area contributed by atoms with Gasteiger partial charge in [0.2, 0.25) is 0 Å². The van der Waals surface area contributed by atoms with Crippen LogP contribution < -0.4 is 5.73 Å². The number of phenolic OH excluding ortho intramolecular Hbond substituents is 1. The number of esters is 1. The summed E-state index contributed by atoms with van der Waals surface area (Å²) in [5, 5.41) is 9.88. The van der Waals surface area contributed by atoms with E-state index in [-0.39, 0.29) is 23.0 Å². The van der Waals surface area contributed by atoms with E-state index in [1.807, 2.05) is 0 Å². The second-order valence-corrected chi connectivity index (χ2v) is 8.83. The molecule has 2 rings (SSSR count). The van der Waals surface area contributed by atoms with Crippen LogP contribution in [0.4, 0.5) is 0 Å². The second-order valence-electron chi connectivity index (χ2n) is 8.83. The van der Waals surface area contributed by atoms with E-state index >= 15 is 0 Å². The zero-order valence-corrected chi connectivity index (χ0v) is 18.3. The topological polar surface area (TPSA) is 84.9 Å². The van der Waals surface area contributed by atoms with Gasteiger partial charge in [-0.1, -0.05) is 58.5 Å². The first-order valence-corrected chi connectivity index (χ1v) is 10.2.